The normalized spacial score (nSPS) is 9.57. The van der Waals surface area contributed by atoms with Gasteiger partial charge in [0.05, 0.1) is 0 Å². The van der Waals surface area contributed by atoms with Crippen LogP contribution in [0.25, 0.3) is 0 Å². The van der Waals surface area contributed by atoms with Gasteiger partial charge in [-0.3, -0.25) is 4.79 Å². The van der Waals surface area contributed by atoms with E-state index in [0.29, 0.717) is 0 Å². The van der Waals surface area contributed by atoms with Crippen molar-refractivity contribution in [2.45, 2.75) is 47.1 Å². The predicted octanol–water partition coefficient (Wildman–Crippen LogP) is 3.02. The van der Waals surface area contributed by atoms with E-state index in [1.165, 1.54) is 0 Å². The zero-order chi connectivity index (χ0) is 11.1. The monoisotopic (exact) mass is 195 g/mol. The second-order valence-electron chi connectivity index (χ2n) is 3.19. The summed E-state index contributed by atoms with van der Waals surface area (Å²) in [6.45, 7) is 10.0. The number of nitrogens with zero attached hydrogens (tertiary/aromatic N) is 1. The van der Waals surface area contributed by atoms with Gasteiger partial charge in [-0.05, 0) is 26.3 Å². The first-order valence-corrected chi connectivity index (χ1v) is 5.36. The Bertz CT molecular complexity index is 312. The molecule has 0 N–H and O–H groups in total. The van der Waals surface area contributed by atoms with Crippen molar-refractivity contribution in [3.8, 4) is 0 Å². The summed E-state index contributed by atoms with van der Waals surface area (Å²) in [4.78, 5) is 11.6. The number of aromatic nitrogens is 1. The van der Waals surface area contributed by atoms with Crippen LogP contribution in [0.15, 0.2) is 23.1 Å². The Balaban J connectivity index is 0.000000791. The molecule has 0 aliphatic heterocycles. The highest BCUT2D eigenvalue weighted by atomic mass is 16.1. The molecule has 0 fully saturated rings. The van der Waals surface area contributed by atoms with Gasteiger partial charge in [0.2, 0.25) is 0 Å². The average Bonchev–Trinajstić information content (AvgIpc) is 2.21. The van der Waals surface area contributed by atoms with E-state index in [-0.39, 0.29) is 11.6 Å². The minimum Gasteiger partial charge on any atom is -0.313 e. The highest BCUT2D eigenvalue weighted by Gasteiger charge is 2.02. The molecule has 2 nitrogen and oxygen atoms in total. The molecule has 0 unspecified atom stereocenters. The molecule has 0 atom stereocenters. The van der Waals surface area contributed by atoms with E-state index in [9.17, 15) is 4.79 Å². The molecule has 0 bridgehead atoms. The molecule has 0 saturated heterocycles. The molecule has 1 heterocycles. The molecule has 0 spiro atoms. The predicted molar refractivity (Wildman–Crippen MR) is 61.8 cm³/mol. The topological polar surface area (TPSA) is 22.0 Å². The summed E-state index contributed by atoms with van der Waals surface area (Å²) in [7, 11) is 0. The van der Waals surface area contributed by atoms with Crippen LogP contribution in [0, 0.1) is 0 Å². The van der Waals surface area contributed by atoms with Crippen molar-refractivity contribution in [3.05, 3.63) is 34.2 Å². The van der Waals surface area contributed by atoms with Crippen LogP contribution in [-0.2, 0) is 6.42 Å². The fourth-order valence-electron chi connectivity index (χ4n) is 1.23. The third-order valence-corrected chi connectivity index (χ3v) is 1.99. The fourth-order valence-corrected chi connectivity index (χ4v) is 1.23. The van der Waals surface area contributed by atoms with Crippen molar-refractivity contribution >= 4 is 0 Å². The maximum absolute atomic E-state index is 11.6. The summed E-state index contributed by atoms with van der Waals surface area (Å²) in [6.07, 6.45) is 2.65. The average molecular weight is 195 g/mol. The summed E-state index contributed by atoms with van der Waals surface area (Å²) in [5.41, 5.74) is 1.04. The minimum atomic E-state index is 0.148. The van der Waals surface area contributed by atoms with E-state index in [2.05, 4.69) is 0 Å². The summed E-state index contributed by atoms with van der Waals surface area (Å²) in [5.74, 6) is 0. The maximum atomic E-state index is 11.6. The Labute approximate surface area is 86.6 Å². The van der Waals surface area contributed by atoms with Crippen molar-refractivity contribution in [1.29, 1.82) is 0 Å². The lowest BCUT2D eigenvalue weighted by molar-refractivity contribution is 0.573. The van der Waals surface area contributed by atoms with Gasteiger partial charge in [0.15, 0.2) is 0 Å². The molecular formula is C12H21NO. The van der Waals surface area contributed by atoms with Crippen LogP contribution in [-0.4, -0.2) is 4.57 Å². The maximum Gasteiger partial charge on any atom is 0.253 e. The largest absolute Gasteiger partial charge is 0.313 e. The van der Waals surface area contributed by atoms with Crippen molar-refractivity contribution in [3.63, 3.8) is 0 Å². The molecule has 0 aliphatic carbocycles. The minimum absolute atomic E-state index is 0.148. The third kappa shape index (κ3) is 3.02. The lowest BCUT2D eigenvalue weighted by Crippen LogP contribution is -2.23. The molecule has 0 saturated carbocycles. The number of hydrogen-bond acceptors (Lipinski definition) is 1. The quantitative estimate of drug-likeness (QED) is 0.711. The lowest BCUT2D eigenvalue weighted by Gasteiger charge is -2.09. The number of pyridine rings is 1. The van der Waals surface area contributed by atoms with Crippen LogP contribution >= 0.6 is 0 Å². The fraction of sp³-hybridized carbons (Fsp3) is 0.583. The van der Waals surface area contributed by atoms with Gasteiger partial charge in [-0.2, -0.15) is 0 Å². The zero-order valence-electron chi connectivity index (χ0n) is 9.87. The SMILES string of the molecule is CC.CCc1cccn(C(C)C)c1=O. The number of aryl methyl sites for hydroxylation is 1. The van der Waals surface area contributed by atoms with Crippen LogP contribution in [0.2, 0.25) is 0 Å². The number of hydrogen-bond donors (Lipinski definition) is 0. The van der Waals surface area contributed by atoms with Gasteiger partial charge in [0.1, 0.15) is 0 Å². The van der Waals surface area contributed by atoms with Gasteiger partial charge in [-0.25, -0.2) is 0 Å². The smallest absolute Gasteiger partial charge is 0.253 e. The molecule has 1 aromatic heterocycles. The molecule has 14 heavy (non-hydrogen) atoms. The van der Waals surface area contributed by atoms with E-state index in [4.69, 9.17) is 0 Å². The highest BCUT2D eigenvalue weighted by molar-refractivity contribution is 5.10. The first-order chi connectivity index (χ1) is 6.66. The first-order valence-electron chi connectivity index (χ1n) is 5.36. The Morgan fingerprint density at radius 3 is 2.36 bits per heavy atom. The van der Waals surface area contributed by atoms with E-state index in [0.717, 1.165) is 12.0 Å². The van der Waals surface area contributed by atoms with Gasteiger partial charge in [0, 0.05) is 17.8 Å². The van der Waals surface area contributed by atoms with E-state index in [1.807, 2.05) is 52.9 Å². The molecule has 0 aromatic carbocycles. The van der Waals surface area contributed by atoms with Crippen molar-refractivity contribution in [1.82, 2.24) is 4.57 Å². The molecule has 80 valence electrons. The van der Waals surface area contributed by atoms with Crippen LogP contribution in [0.3, 0.4) is 0 Å². The van der Waals surface area contributed by atoms with Crippen LogP contribution < -0.4 is 5.56 Å². The number of rotatable bonds is 2. The van der Waals surface area contributed by atoms with Crippen molar-refractivity contribution < 1.29 is 0 Å². The second kappa shape index (κ2) is 6.41. The van der Waals surface area contributed by atoms with Gasteiger partial charge in [-0.15, -0.1) is 0 Å². The standard InChI is InChI=1S/C10H15NO.C2H6/c1-4-9-6-5-7-11(8(2)3)10(9)12;1-2/h5-8H,4H2,1-3H3;1-2H3. The van der Waals surface area contributed by atoms with E-state index >= 15 is 0 Å². The van der Waals surface area contributed by atoms with Gasteiger partial charge in [-0.1, -0.05) is 26.8 Å². The molecule has 0 amide bonds. The highest BCUT2D eigenvalue weighted by Crippen LogP contribution is 2.00. The zero-order valence-corrected chi connectivity index (χ0v) is 9.87. The molecular weight excluding hydrogens is 174 g/mol. The Hall–Kier alpha value is -1.05. The molecule has 0 aliphatic rings. The summed E-state index contributed by atoms with van der Waals surface area (Å²) < 4.78 is 1.76. The third-order valence-electron chi connectivity index (χ3n) is 1.99. The molecule has 2 heteroatoms. The van der Waals surface area contributed by atoms with Crippen molar-refractivity contribution in [2.75, 3.05) is 0 Å². The molecule has 1 rings (SSSR count). The van der Waals surface area contributed by atoms with Gasteiger partial charge in [0.25, 0.3) is 5.56 Å². The Morgan fingerprint density at radius 2 is 1.93 bits per heavy atom. The van der Waals surface area contributed by atoms with Crippen LogP contribution in [0.5, 0.6) is 0 Å². The van der Waals surface area contributed by atoms with Crippen LogP contribution in [0.1, 0.15) is 46.2 Å². The Morgan fingerprint density at radius 1 is 1.36 bits per heavy atom. The second-order valence-corrected chi connectivity index (χ2v) is 3.19. The van der Waals surface area contributed by atoms with E-state index < -0.39 is 0 Å². The first kappa shape index (κ1) is 12.9. The van der Waals surface area contributed by atoms with Gasteiger partial charge >= 0.3 is 0 Å². The summed E-state index contributed by atoms with van der Waals surface area (Å²) in [6, 6.07) is 4.07. The van der Waals surface area contributed by atoms with Gasteiger partial charge < -0.3 is 4.57 Å². The van der Waals surface area contributed by atoms with Crippen molar-refractivity contribution in [2.24, 2.45) is 0 Å². The summed E-state index contributed by atoms with van der Waals surface area (Å²) in [5, 5.41) is 0. The van der Waals surface area contributed by atoms with E-state index in [1.54, 1.807) is 4.57 Å². The molecule has 0 radical (unpaired) electrons. The molecule has 1 aromatic rings. The summed E-state index contributed by atoms with van der Waals surface area (Å²) >= 11 is 0. The Kier molecular flexibility index (Phi) is 5.93. The van der Waals surface area contributed by atoms with Crippen LogP contribution in [0.4, 0.5) is 0 Å². The lowest BCUT2D eigenvalue weighted by atomic mass is 10.2.